The Bertz CT molecular complexity index is 576. The molecule has 0 radical (unpaired) electrons. The normalized spacial score (nSPS) is 27.6. The number of nitrogens with one attached hydrogen (secondary N) is 2. The van der Waals surface area contributed by atoms with Crippen molar-refractivity contribution in [2.24, 2.45) is 11.7 Å². The summed E-state index contributed by atoms with van der Waals surface area (Å²) in [4.78, 5) is 23.3. The van der Waals surface area contributed by atoms with Crippen molar-refractivity contribution in [3.63, 3.8) is 0 Å². The molecule has 2 bridgehead atoms. The van der Waals surface area contributed by atoms with Gasteiger partial charge in [0.25, 0.3) is 0 Å². The highest BCUT2D eigenvalue weighted by atomic mass is 35.5. The van der Waals surface area contributed by atoms with E-state index in [1.54, 1.807) is 12.1 Å². The lowest BCUT2D eigenvalue weighted by Crippen LogP contribution is -2.32. The van der Waals surface area contributed by atoms with E-state index in [1.165, 1.54) is 6.07 Å². The smallest absolute Gasteiger partial charge is 0.250 e. The van der Waals surface area contributed by atoms with Crippen LogP contribution in [0.2, 0.25) is 5.02 Å². The van der Waals surface area contributed by atoms with Crippen LogP contribution >= 0.6 is 11.6 Å². The van der Waals surface area contributed by atoms with Crippen LogP contribution in [0, 0.1) is 5.92 Å². The van der Waals surface area contributed by atoms with Gasteiger partial charge in [-0.15, -0.1) is 0 Å². The SMILES string of the molecule is NC(=O)c1ccc(NC(=O)C2CC3CCC2N3)cc1Cl. The van der Waals surface area contributed by atoms with Crippen molar-refractivity contribution in [1.29, 1.82) is 0 Å². The summed E-state index contributed by atoms with van der Waals surface area (Å²) in [6.07, 6.45) is 3.11. The predicted octanol–water partition coefficient (Wildman–Crippen LogP) is 1.52. The summed E-state index contributed by atoms with van der Waals surface area (Å²) < 4.78 is 0. The molecule has 2 fully saturated rings. The summed E-state index contributed by atoms with van der Waals surface area (Å²) >= 11 is 5.97. The summed E-state index contributed by atoms with van der Waals surface area (Å²) in [6.45, 7) is 0. The van der Waals surface area contributed by atoms with E-state index < -0.39 is 5.91 Å². The number of amides is 2. The maximum Gasteiger partial charge on any atom is 0.250 e. The molecular weight excluding hydrogens is 278 g/mol. The van der Waals surface area contributed by atoms with Gasteiger partial charge in [-0.05, 0) is 37.5 Å². The van der Waals surface area contributed by atoms with Gasteiger partial charge < -0.3 is 16.4 Å². The number of hydrogen-bond donors (Lipinski definition) is 3. The Balaban J connectivity index is 1.70. The van der Waals surface area contributed by atoms with Crippen LogP contribution < -0.4 is 16.4 Å². The Labute approximate surface area is 121 Å². The van der Waals surface area contributed by atoms with Crippen LogP contribution in [0.5, 0.6) is 0 Å². The molecule has 3 unspecified atom stereocenters. The van der Waals surface area contributed by atoms with Gasteiger partial charge in [0.1, 0.15) is 0 Å². The summed E-state index contributed by atoms with van der Waals surface area (Å²) in [5, 5.41) is 6.54. The van der Waals surface area contributed by atoms with E-state index in [0.717, 1.165) is 19.3 Å². The van der Waals surface area contributed by atoms with Crippen molar-refractivity contribution in [3.05, 3.63) is 28.8 Å². The Morgan fingerprint density at radius 3 is 2.70 bits per heavy atom. The van der Waals surface area contributed by atoms with E-state index in [1.807, 2.05) is 0 Å². The number of benzene rings is 1. The first-order chi connectivity index (χ1) is 9.54. The Morgan fingerprint density at radius 1 is 1.35 bits per heavy atom. The largest absolute Gasteiger partial charge is 0.366 e. The molecular formula is C14H16ClN3O2. The topological polar surface area (TPSA) is 84.2 Å². The van der Waals surface area contributed by atoms with Crippen LogP contribution in [0.15, 0.2) is 18.2 Å². The lowest BCUT2D eigenvalue weighted by molar-refractivity contribution is -0.120. The zero-order chi connectivity index (χ0) is 14.3. The zero-order valence-electron chi connectivity index (χ0n) is 10.9. The highest BCUT2D eigenvalue weighted by Gasteiger charge is 2.42. The maximum absolute atomic E-state index is 12.2. The number of rotatable bonds is 3. The monoisotopic (exact) mass is 293 g/mol. The van der Waals surface area contributed by atoms with Crippen LogP contribution in [0.1, 0.15) is 29.6 Å². The highest BCUT2D eigenvalue weighted by molar-refractivity contribution is 6.34. The van der Waals surface area contributed by atoms with Gasteiger partial charge in [-0.2, -0.15) is 0 Å². The first kappa shape index (κ1) is 13.4. The number of anilines is 1. The summed E-state index contributed by atoms with van der Waals surface area (Å²) in [5.74, 6) is -0.555. The van der Waals surface area contributed by atoms with E-state index in [4.69, 9.17) is 17.3 Å². The molecule has 3 atom stereocenters. The van der Waals surface area contributed by atoms with Gasteiger partial charge in [0, 0.05) is 17.8 Å². The molecule has 2 heterocycles. The molecule has 0 saturated carbocycles. The number of carbonyl (C=O) groups is 2. The molecule has 2 aliphatic rings. The van der Waals surface area contributed by atoms with Crippen molar-refractivity contribution in [2.45, 2.75) is 31.3 Å². The van der Waals surface area contributed by atoms with E-state index in [9.17, 15) is 9.59 Å². The van der Waals surface area contributed by atoms with Crippen LogP contribution in [-0.2, 0) is 4.79 Å². The summed E-state index contributed by atoms with van der Waals surface area (Å²) in [7, 11) is 0. The number of halogens is 1. The van der Waals surface area contributed by atoms with Gasteiger partial charge in [0.05, 0.1) is 16.5 Å². The van der Waals surface area contributed by atoms with Crippen molar-refractivity contribution in [3.8, 4) is 0 Å². The second kappa shape index (κ2) is 5.07. The number of nitrogens with two attached hydrogens (primary N) is 1. The molecule has 1 aromatic carbocycles. The second-order valence-electron chi connectivity index (χ2n) is 5.44. The van der Waals surface area contributed by atoms with Crippen molar-refractivity contribution < 1.29 is 9.59 Å². The minimum atomic E-state index is -0.579. The Kier molecular flexibility index (Phi) is 3.40. The lowest BCUT2D eigenvalue weighted by atomic mass is 9.88. The third-order valence-corrected chi connectivity index (χ3v) is 4.45. The van der Waals surface area contributed by atoms with Gasteiger partial charge in [0.2, 0.25) is 11.8 Å². The third-order valence-electron chi connectivity index (χ3n) is 4.14. The molecule has 5 nitrogen and oxygen atoms in total. The van der Waals surface area contributed by atoms with Crippen LogP contribution in [-0.4, -0.2) is 23.9 Å². The average Bonchev–Trinajstić information content (AvgIpc) is 3.00. The maximum atomic E-state index is 12.2. The van der Waals surface area contributed by atoms with Gasteiger partial charge in [-0.1, -0.05) is 11.6 Å². The second-order valence-corrected chi connectivity index (χ2v) is 5.84. The first-order valence-corrected chi connectivity index (χ1v) is 7.08. The van der Waals surface area contributed by atoms with E-state index in [0.29, 0.717) is 17.8 Å². The highest BCUT2D eigenvalue weighted by Crippen LogP contribution is 2.34. The Hall–Kier alpha value is -1.59. The summed E-state index contributed by atoms with van der Waals surface area (Å²) in [6, 6.07) is 5.50. The fraction of sp³-hybridized carbons (Fsp3) is 0.429. The van der Waals surface area contributed by atoms with Gasteiger partial charge >= 0.3 is 0 Å². The van der Waals surface area contributed by atoms with Crippen LogP contribution in [0.25, 0.3) is 0 Å². The average molecular weight is 294 g/mol. The molecule has 2 saturated heterocycles. The van der Waals surface area contributed by atoms with Gasteiger partial charge in [-0.25, -0.2) is 0 Å². The number of primary amides is 1. The fourth-order valence-electron chi connectivity index (χ4n) is 3.14. The predicted molar refractivity (Wildman–Crippen MR) is 76.7 cm³/mol. The zero-order valence-corrected chi connectivity index (χ0v) is 11.6. The molecule has 3 rings (SSSR count). The molecule has 0 aliphatic carbocycles. The lowest BCUT2D eigenvalue weighted by Gasteiger charge is -2.19. The van der Waals surface area contributed by atoms with Crippen LogP contribution in [0.3, 0.4) is 0 Å². The summed E-state index contributed by atoms with van der Waals surface area (Å²) in [5.41, 5.74) is 6.03. The molecule has 20 heavy (non-hydrogen) atoms. The molecule has 2 aliphatic heterocycles. The third kappa shape index (κ3) is 2.39. The molecule has 106 valence electrons. The number of fused-ring (bicyclic) bond motifs is 2. The quantitative estimate of drug-likeness (QED) is 0.790. The van der Waals surface area contributed by atoms with Gasteiger partial charge in [0.15, 0.2) is 0 Å². The minimum Gasteiger partial charge on any atom is -0.366 e. The molecule has 1 aromatic rings. The molecule has 0 aromatic heterocycles. The Morgan fingerprint density at radius 2 is 2.15 bits per heavy atom. The van der Waals surface area contributed by atoms with E-state index >= 15 is 0 Å². The molecule has 2 amide bonds. The number of hydrogen-bond acceptors (Lipinski definition) is 3. The van der Waals surface area contributed by atoms with Gasteiger partial charge in [-0.3, -0.25) is 9.59 Å². The van der Waals surface area contributed by atoms with Crippen molar-refractivity contribution >= 4 is 29.1 Å². The minimum absolute atomic E-state index is 0.00703. The fourth-order valence-corrected chi connectivity index (χ4v) is 3.42. The van der Waals surface area contributed by atoms with Crippen molar-refractivity contribution in [1.82, 2.24) is 5.32 Å². The van der Waals surface area contributed by atoms with Crippen LogP contribution in [0.4, 0.5) is 5.69 Å². The van der Waals surface area contributed by atoms with E-state index in [2.05, 4.69) is 10.6 Å². The van der Waals surface area contributed by atoms with Crippen molar-refractivity contribution in [2.75, 3.05) is 5.32 Å². The standard InChI is InChI=1S/C14H16ClN3O2/c15-11-6-8(1-3-9(11)13(16)19)18-14(20)10-5-7-2-4-12(10)17-7/h1,3,6-7,10,12,17H,2,4-5H2,(H2,16,19)(H,18,20). The molecule has 6 heteroatoms. The number of carbonyl (C=O) groups excluding carboxylic acids is 2. The van der Waals surface area contributed by atoms with E-state index in [-0.39, 0.29) is 22.4 Å². The molecule has 0 spiro atoms. The molecule has 4 N–H and O–H groups in total. The first-order valence-electron chi connectivity index (χ1n) is 6.71.